The number of amides is 1. The number of thioether (sulfide) groups is 1. The van der Waals surface area contributed by atoms with Crippen LogP contribution in [-0.4, -0.2) is 35.4 Å². The van der Waals surface area contributed by atoms with Crippen LogP contribution in [-0.2, 0) is 4.79 Å². The van der Waals surface area contributed by atoms with Gasteiger partial charge in [-0.3, -0.25) is 4.79 Å². The van der Waals surface area contributed by atoms with Gasteiger partial charge in [0, 0.05) is 36.4 Å². The third-order valence-electron chi connectivity index (χ3n) is 2.65. The quantitative estimate of drug-likeness (QED) is 0.642. The zero-order valence-electron chi connectivity index (χ0n) is 9.63. The number of hydrogen-bond acceptors (Lipinski definition) is 3. The lowest BCUT2D eigenvalue weighted by atomic mass is 10.2. The standard InChI is InChI=1S/C13H16N2OS/c14-12-3-1-2-11(10-12)4-5-13(16)15-6-8-17-9-7-15/h1-5,10H,6-9,14H2/b5-4+. The van der Waals surface area contributed by atoms with Gasteiger partial charge < -0.3 is 10.6 Å². The number of nitrogen functional groups attached to an aromatic ring is 1. The van der Waals surface area contributed by atoms with E-state index >= 15 is 0 Å². The molecule has 1 fully saturated rings. The predicted molar refractivity (Wildman–Crippen MR) is 73.8 cm³/mol. The normalized spacial score (nSPS) is 16.4. The van der Waals surface area contributed by atoms with E-state index in [-0.39, 0.29) is 5.91 Å². The number of carbonyl (C=O) groups excluding carboxylic acids is 1. The number of rotatable bonds is 2. The molecule has 2 rings (SSSR count). The molecule has 1 amide bonds. The van der Waals surface area contributed by atoms with E-state index in [4.69, 9.17) is 5.73 Å². The Balaban J connectivity index is 1.97. The number of hydrogen-bond donors (Lipinski definition) is 1. The van der Waals surface area contributed by atoms with Crippen molar-refractivity contribution >= 4 is 29.4 Å². The fourth-order valence-electron chi connectivity index (χ4n) is 1.72. The Morgan fingerprint density at radius 3 is 2.82 bits per heavy atom. The van der Waals surface area contributed by atoms with Crippen molar-refractivity contribution in [2.24, 2.45) is 0 Å². The molecule has 1 aliphatic heterocycles. The molecule has 0 bridgehead atoms. The fourth-order valence-corrected chi connectivity index (χ4v) is 2.62. The van der Waals surface area contributed by atoms with Crippen molar-refractivity contribution in [2.45, 2.75) is 0 Å². The summed E-state index contributed by atoms with van der Waals surface area (Å²) < 4.78 is 0. The van der Waals surface area contributed by atoms with E-state index in [0.717, 1.165) is 30.2 Å². The largest absolute Gasteiger partial charge is 0.399 e. The molecule has 1 saturated heterocycles. The van der Waals surface area contributed by atoms with E-state index in [0.29, 0.717) is 5.69 Å². The van der Waals surface area contributed by atoms with Crippen molar-refractivity contribution in [3.8, 4) is 0 Å². The van der Waals surface area contributed by atoms with Crippen molar-refractivity contribution in [3.63, 3.8) is 0 Å². The first-order valence-corrected chi connectivity index (χ1v) is 6.81. The Bertz CT molecular complexity index is 425. The molecule has 0 saturated carbocycles. The van der Waals surface area contributed by atoms with Gasteiger partial charge in [-0.1, -0.05) is 12.1 Å². The molecule has 4 heteroatoms. The van der Waals surface area contributed by atoms with Crippen LogP contribution >= 0.6 is 11.8 Å². The highest BCUT2D eigenvalue weighted by Gasteiger charge is 2.13. The van der Waals surface area contributed by atoms with Crippen LogP contribution in [0.15, 0.2) is 30.3 Å². The second kappa shape index (κ2) is 5.77. The first-order chi connectivity index (χ1) is 8.25. The molecular weight excluding hydrogens is 232 g/mol. The van der Waals surface area contributed by atoms with Gasteiger partial charge in [0.05, 0.1) is 0 Å². The van der Waals surface area contributed by atoms with Crippen molar-refractivity contribution in [1.82, 2.24) is 4.90 Å². The minimum Gasteiger partial charge on any atom is -0.399 e. The second-order valence-electron chi connectivity index (χ2n) is 3.94. The van der Waals surface area contributed by atoms with Crippen LogP contribution in [0.25, 0.3) is 6.08 Å². The molecule has 0 spiro atoms. The van der Waals surface area contributed by atoms with Gasteiger partial charge in [-0.2, -0.15) is 11.8 Å². The molecule has 1 aromatic carbocycles. The first kappa shape index (κ1) is 12.0. The lowest BCUT2D eigenvalue weighted by Gasteiger charge is -2.25. The summed E-state index contributed by atoms with van der Waals surface area (Å²) in [6.45, 7) is 1.70. The zero-order chi connectivity index (χ0) is 12.1. The third-order valence-corrected chi connectivity index (χ3v) is 3.59. The van der Waals surface area contributed by atoms with Gasteiger partial charge in [0.1, 0.15) is 0 Å². The molecule has 17 heavy (non-hydrogen) atoms. The average Bonchev–Trinajstić information content (AvgIpc) is 2.37. The predicted octanol–water partition coefficient (Wildman–Crippen LogP) is 1.86. The van der Waals surface area contributed by atoms with Crippen molar-refractivity contribution < 1.29 is 4.79 Å². The summed E-state index contributed by atoms with van der Waals surface area (Å²) in [6, 6.07) is 7.51. The lowest BCUT2D eigenvalue weighted by molar-refractivity contribution is -0.125. The summed E-state index contributed by atoms with van der Waals surface area (Å²) >= 11 is 1.90. The molecule has 1 heterocycles. The molecule has 3 nitrogen and oxygen atoms in total. The van der Waals surface area contributed by atoms with Gasteiger partial charge in [0.25, 0.3) is 0 Å². The topological polar surface area (TPSA) is 46.3 Å². The van der Waals surface area contributed by atoms with Crippen molar-refractivity contribution in [1.29, 1.82) is 0 Å². The molecule has 0 aliphatic carbocycles. The highest BCUT2D eigenvalue weighted by atomic mass is 32.2. The molecular formula is C13H16N2OS. The lowest BCUT2D eigenvalue weighted by Crippen LogP contribution is -2.36. The highest BCUT2D eigenvalue weighted by molar-refractivity contribution is 7.99. The molecule has 0 aromatic heterocycles. The van der Waals surface area contributed by atoms with Gasteiger partial charge in [-0.15, -0.1) is 0 Å². The van der Waals surface area contributed by atoms with Crippen LogP contribution < -0.4 is 5.73 Å². The molecule has 1 aliphatic rings. The van der Waals surface area contributed by atoms with Gasteiger partial charge in [0.15, 0.2) is 0 Å². The number of anilines is 1. The fraction of sp³-hybridized carbons (Fsp3) is 0.308. The van der Waals surface area contributed by atoms with Gasteiger partial charge in [-0.25, -0.2) is 0 Å². The molecule has 0 radical (unpaired) electrons. The monoisotopic (exact) mass is 248 g/mol. The first-order valence-electron chi connectivity index (χ1n) is 5.66. The van der Waals surface area contributed by atoms with E-state index in [1.54, 1.807) is 6.08 Å². The maximum absolute atomic E-state index is 11.9. The zero-order valence-corrected chi connectivity index (χ0v) is 10.5. The average molecular weight is 248 g/mol. The maximum Gasteiger partial charge on any atom is 0.246 e. The Morgan fingerprint density at radius 1 is 1.35 bits per heavy atom. The van der Waals surface area contributed by atoms with Crippen LogP contribution in [0.4, 0.5) is 5.69 Å². The Morgan fingerprint density at radius 2 is 2.12 bits per heavy atom. The molecule has 1 aromatic rings. The molecule has 90 valence electrons. The summed E-state index contributed by atoms with van der Waals surface area (Å²) in [7, 11) is 0. The minimum absolute atomic E-state index is 0.0905. The summed E-state index contributed by atoms with van der Waals surface area (Å²) in [5.74, 6) is 2.17. The second-order valence-corrected chi connectivity index (χ2v) is 5.17. The van der Waals surface area contributed by atoms with Crippen LogP contribution in [0.2, 0.25) is 0 Å². The summed E-state index contributed by atoms with van der Waals surface area (Å²) in [6.07, 6.45) is 3.45. The van der Waals surface area contributed by atoms with E-state index in [2.05, 4.69) is 0 Å². The summed E-state index contributed by atoms with van der Waals surface area (Å²) in [4.78, 5) is 13.7. The SMILES string of the molecule is Nc1cccc(/C=C/C(=O)N2CCSCC2)c1. The van der Waals surface area contributed by atoms with E-state index < -0.39 is 0 Å². The summed E-state index contributed by atoms with van der Waals surface area (Å²) in [5.41, 5.74) is 7.36. The van der Waals surface area contributed by atoms with Crippen molar-refractivity contribution in [3.05, 3.63) is 35.9 Å². The van der Waals surface area contributed by atoms with E-state index in [9.17, 15) is 4.79 Å². The van der Waals surface area contributed by atoms with Gasteiger partial charge in [0.2, 0.25) is 5.91 Å². The number of carbonyl (C=O) groups is 1. The highest BCUT2D eigenvalue weighted by Crippen LogP contribution is 2.11. The number of benzene rings is 1. The van der Waals surface area contributed by atoms with Crippen LogP contribution in [0.1, 0.15) is 5.56 Å². The van der Waals surface area contributed by atoms with Crippen LogP contribution in [0.5, 0.6) is 0 Å². The van der Waals surface area contributed by atoms with Crippen molar-refractivity contribution in [2.75, 3.05) is 30.3 Å². The Kier molecular flexibility index (Phi) is 4.09. The summed E-state index contributed by atoms with van der Waals surface area (Å²) in [5, 5.41) is 0. The minimum atomic E-state index is 0.0905. The van der Waals surface area contributed by atoms with Crippen LogP contribution in [0, 0.1) is 0 Å². The molecule has 0 atom stereocenters. The Labute approximate surface area is 106 Å². The van der Waals surface area contributed by atoms with E-state index in [1.807, 2.05) is 47.0 Å². The smallest absolute Gasteiger partial charge is 0.246 e. The van der Waals surface area contributed by atoms with Crippen LogP contribution in [0.3, 0.4) is 0 Å². The maximum atomic E-state index is 11.9. The number of nitrogens with two attached hydrogens (primary N) is 1. The Hall–Kier alpha value is -1.42. The van der Waals surface area contributed by atoms with Gasteiger partial charge in [-0.05, 0) is 23.8 Å². The van der Waals surface area contributed by atoms with E-state index in [1.165, 1.54) is 0 Å². The number of nitrogens with zero attached hydrogens (tertiary/aromatic N) is 1. The molecule has 0 unspecified atom stereocenters. The third kappa shape index (κ3) is 3.53. The van der Waals surface area contributed by atoms with Gasteiger partial charge >= 0.3 is 0 Å². The molecule has 2 N–H and O–H groups in total.